The van der Waals surface area contributed by atoms with Gasteiger partial charge in [-0.3, -0.25) is 0 Å². The summed E-state index contributed by atoms with van der Waals surface area (Å²) in [5.41, 5.74) is 7.79. The zero-order valence-electron chi connectivity index (χ0n) is 12.0. The maximum Gasteiger partial charge on any atom is 0.243 e. The minimum absolute atomic E-state index is 0. The third-order valence-corrected chi connectivity index (χ3v) is 5.79. The number of nitrogens with two attached hydrogens (primary N) is 1. The fourth-order valence-electron chi connectivity index (χ4n) is 2.46. The van der Waals surface area contributed by atoms with Crippen molar-refractivity contribution in [2.24, 2.45) is 11.7 Å². The van der Waals surface area contributed by atoms with E-state index in [4.69, 9.17) is 5.73 Å². The van der Waals surface area contributed by atoms with Gasteiger partial charge in [-0.2, -0.15) is 4.31 Å². The number of sulfonamides is 1. The molecule has 1 aromatic carbocycles. The van der Waals surface area contributed by atoms with Crippen molar-refractivity contribution in [2.75, 3.05) is 19.6 Å². The number of hydrogen-bond acceptors (Lipinski definition) is 3. The average Bonchev–Trinajstić information content (AvgIpc) is 2.41. The second-order valence-corrected chi connectivity index (χ2v) is 7.29. The summed E-state index contributed by atoms with van der Waals surface area (Å²) in [7, 11) is -3.37. The van der Waals surface area contributed by atoms with Crippen LogP contribution in [-0.2, 0) is 10.0 Å². The van der Waals surface area contributed by atoms with Crippen LogP contribution in [0.3, 0.4) is 0 Å². The third kappa shape index (κ3) is 3.52. The molecule has 0 radical (unpaired) electrons. The number of hydrogen-bond donors (Lipinski definition) is 1. The van der Waals surface area contributed by atoms with E-state index in [1.54, 1.807) is 16.4 Å². The van der Waals surface area contributed by atoms with Crippen LogP contribution in [0.2, 0.25) is 0 Å². The Labute approximate surface area is 127 Å². The first kappa shape index (κ1) is 17.4. The molecule has 114 valence electrons. The van der Waals surface area contributed by atoms with E-state index in [2.05, 4.69) is 0 Å². The minimum Gasteiger partial charge on any atom is -0.330 e. The first-order valence-electron chi connectivity index (χ1n) is 6.72. The van der Waals surface area contributed by atoms with Crippen molar-refractivity contribution >= 4 is 22.4 Å². The van der Waals surface area contributed by atoms with Crippen LogP contribution in [0, 0.1) is 19.8 Å². The van der Waals surface area contributed by atoms with Crippen molar-refractivity contribution in [2.45, 2.75) is 31.6 Å². The van der Waals surface area contributed by atoms with Crippen molar-refractivity contribution < 1.29 is 8.42 Å². The Morgan fingerprint density at radius 2 is 2.00 bits per heavy atom. The van der Waals surface area contributed by atoms with E-state index in [1.165, 1.54) is 0 Å². The Hall–Kier alpha value is -0.620. The second-order valence-electron chi connectivity index (χ2n) is 5.35. The van der Waals surface area contributed by atoms with Crippen molar-refractivity contribution in [3.05, 3.63) is 29.3 Å². The molecule has 0 amide bonds. The van der Waals surface area contributed by atoms with Gasteiger partial charge in [-0.15, -0.1) is 12.4 Å². The second kappa shape index (κ2) is 6.89. The zero-order valence-corrected chi connectivity index (χ0v) is 13.6. The summed E-state index contributed by atoms with van der Waals surface area (Å²) in [5, 5.41) is 0. The first-order chi connectivity index (χ1) is 8.95. The lowest BCUT2D eigenvalue weighted by Crippen LogP contribution is -2.41. The van der Waals surface area contributed by atoms with Gasteiger partial charge in [0.1, 0.15) is 0 Å². The molecule has 1 aromatic rings. The highest BCUT2D eigenvalue weighted by Gasteiger charge is 2.29. The molecule has 1 saturated heterocycles. The van der Waals surface area contributed by atoms with E-state index < -0.39 is 10.0 Å². The number of nitrogens with zero attached hydrogens (tertiary/aromatic N) is 1. The zero-order chi connectivity index (χ0) is 14.0. The van der Waals surface area contributed by atoms with E-state index in [0.29, 0.717) is 24.5 Å². The van der Waals surface area contributed by atoms with Crippen LogP contribution in [-0.4, -0.2) is 32.4 Å². The number of halogens is 1. The molecule has 4 nitrogen and oxygen atoms in total. The Morgan fingerprint density at radius 3 is 2.60 bits per heavy atom. The van der Waals surface area contributed by atoms with Gasteiger partial charge in [-0.25, -0.2) is 8.42 Å². The Balaban J connectivity index is 0.00000200. The molecule has 1 aliphatic heterocycles. The molecule has 0 aromatic heterocycles. The predicted molar refractivity (Wildman–Crippen MR) is 83.7 cm³/mol. The normalized spacial score (nSPS) is 20.4. The number of rotatable bonds is 3. The maximum atomic E-state index is 12.6. The highest BCUT2D eigenvalue weighted by Crippen LogP contribution is 2.24. The molecule has 1 heterocycles. The number of benzene rings is 1. The largest absolute Gasteiger partial charge is 0.330 e. The minimum atomic E-state index is -3.37. The van der Waals surface area contributed by atoms with E-state index in [9.17, 15) is 8.42 Å². The maximum absolute atomic E-state index is 12.6. The topological polar surface area (TPSA) is 63.4 Å². The quantitative estimate of drug-likeness (QED) is 0.928. The summed E-state index contributed by atoms with van der Waals surface area (Å²) in [6.45, 7) is 5.63. The molecule has 6 heteroatoms. The van der Waals surface area contributed by atoms with Crippen LogP contribution < -0.4 is 5.73 Å². The Morgan fingerprint density at radius 1 is 1.30 bits per heavy atom. The average molecular weight is 319 g/mol. The van der Waals surface area contributed by atoms with E-state index in [1.807, 2.05) is 19.9 Å². The molecule has 1 fully saturated rings. The molecule has 0 saturated carbocycles. The predicted octanol–water partition coefficient (Wildman–Crippen LogP) is 2.08. The lowest BCUT2D eigenvalue weighted by molar-refractivity contribution is 0.271. The van der Waals surface area contributed by atoms with Gasteiger partial charge in [0.25, 0.3) is 0 Å². The van der Waals surface area contributed by atoms with Gasteiger partial charge in [0.2, 0.25) is 10.0 Å². The van der Waals surface area contributed by atoms with Crippen LogP contribution >= 0.6 is 12.4 Å². The van der Waals surface area contributed by atoms with Crippen LogP contribution in [0.5, 0.6) is 0 Å². The van der Waals surface area contributed by atoms with Gasteiger partial charge in [0.05, 0.1) is 4.90 Å². The van der Waals surface area contributed by atoms with Gasteiger partial charge < -0.3 is 5.73 Å². The SMILES string of the molecule is Cc1ccc(S(=O)(=O)N2CCCC(CN)C2)cc1C.Cl. The molecular formula is C14H23ClN2O2S. The summed E-state index contributed by atoms with van der Waals surface area (Å²) in [4.78, 5) is 0.397. The molecule has 0 bridgehead atoms. The number of piperidine rings is 1. The smallest absolute Gasteiger partial charge is 0.243 e. The molecule has 2 rings (SSSR count). The molecule has 1 aliphatic rings. The highest BCUT2D eigenvalue weighted by molar-refractivity contribution is 7.89. The molecular weight excluding hydrogens is 296 g/mol. The Bertz CT molecular complexity index is 560. The monoisotopic (exact) mass is 318 g/mol. The number of aryl methyl sites for hydroxylation is 2. The molecule has 2 N–H and O–H groups in total. The Kier molecular flexibility index (Phi) is 6.01. The van der Waals surface area contributed by atoms with Crippen molar-refractivity contribution in [1.29, 1.82) is 0 Å². The standard InChI is InChI=1S/C14H22N2O2S.ClH/c1-11-5-6-14(8-12(11)2)19(17,18)16-7-3-4-13(9-15)10-16;/h5-6,8,13H,3-4,7,9-10,15H2,1-2H3;1H. The van der Waals surface area contributed by atoms with Crippen LogP contribution in [0.4, 0.5) is 0 Å². The van der Waals surface area contributed by atoms with Gasteiger partial charge in [-0.05, 0) is 62.4 Å². The van der Waals surface area contributed by atoms with Gasteiger partial charge in [-0.1, -0.05) is 6.07 Å². The summed E-state index contributed by atoms with van der Waals surface area (Å²) < 4.78 is 26.8. The molecule has 1 unspecified atom stereocenters. The summed E-state index contributed by atoms with van der Waals surface area (Å²) in [5.74, 6) is 0.287. The van der Waals surface area contributed by atoms with Crippen molar-refractivity contribution in [1.82, 2.24) is 4.31 Å². The summed E-state index contributed by atoms with van der Waals surface area (Å²) in [6.07, 6.45) is 1.92. The summed E-state index contributed by atoms with van der Waals surface area (Å²) >= 11 is 0. The van der Waals surface area contributed by atoms with Gasteiger partial charge >= 0.3 is 0 Å². The van der Waals surface area contributed by atoms with Gasteiger partial charge in [0, 0.05) is 13.1 Å². The van der Waals surface area contributed by atoms with E-state index in [0.717, 1.165) is 24.0 Å². The third-order valence-electron chi connectivity index (χ3n) is 3.93. The molecule has 0 spiro atoms. The molecule has 0 aliphatic carbocycles. The molecule has 1 atom stereocenters. The lowest BCUT2D eigenvalue weighted by Gasteiger charge is -2.31. The summed E-state index contributed by atoms with van der Waals surface area (Å²) in [6, 6.07) is 5.33. The van der Waals surface area contributed by atoms with E-state index in [-0.39, 0.29) is 18.3 Å². The fraction of sp³-hybridized carbons (Fsp3) is 0.571. The van der Waals surface area contributed by atoms with E-state index >= 15 is 0 Å². The van der Waals surface area contributed by atoms with Crippen molar-refractivity contribution in [3.8, 4) is 0 Å². The molecule has 20 heavy (non-hydrogen) atoms. The fourth-order valence-corrected chi connectivity index (χ4v) is 4.10. The highest BCUT2D eigenvalue weighted by atomic mass is 35.5. The first-order valence-corrected chi connectivity index (χ1v) is 8.16. The lowest BCUT2D eigenvalue weighted by atomic mass is 10.0. The van der Waals surface area contributed by atoms with Crippen molar-refractivity contribution in [3.63, 3.8) is 0 Å². The van der Waals surface area contributed by atoms with Crippen LogP contribution in [0.15, 0.2) is 23.1 Å². The van der Waals surface area contributed by atoms with Gasteiger partial charge in [0.15, 0.2) is 0 Å². The van der Waals surface area contributed by atoms with Crippen LogP contribution in [0.25, 0.3) is 0 Å². The van der Waals surface area contributed by atoms with Crippen LogP contribution in [0.1, 0.15) is 24.0 Å².